The molecule has 2 heteroatoms. The summed E-state index contributed by atoms with van der Waals surface area (Å²) >= 11 is 0. The minimum Gasteiger partial charge on any atom is -0.456 e. The van der Waals surface area contributed by atoms with Crippen LogP contribution >= 0.6 is 0 Å². The summed E-state index contributed by atoms with van der Waals surface area (Å²) in [6.45, 7) is 0. The van der Waals surface area contributed by atoms with Crippen molar-refractivity contribution in [3.8, 4) is 66.8 Å². The second-order valence-corrected chi connectivity index (χ2v) is 21.3. The molecule has 15 aromatic carbocycles. The fourth-order valence-electron chi connectivity index (χ4n) is 13.7. The van der Waals surface area contributed by atoms with E-state index in [1.807, 2.05) is 6.07 Å². The molecule has 0 bridgehead atoms. The van der Waals surface area contributed by atoms with Gasteiger partial charge in [-0.15, -0.1) is 0 Å². The fourth-order valence-corrected chi connectivity index (χ4v) is 13.7. The number of benzene rings is 15. The van der Waals surface area contributed by atoms with E-state index in [1.165, 1.54) is 115 Å². The van der Waals surface area contributed by atoms with Crippen LogP contribution in [0.1, 0.15) is 0 Å². The minimum absolute atomic E-state index is 0.869. The fraction of sp³-hybridized carbons (Fsp3) is 0. The topological polar surface area (TPSA) is 26.3 Å². The Balaban J connectivity index is 0.793. The molecule has 2 aromatic heterocycles. The lowest BCUT2D eigenvalue weighted by Crippen LogP contribution is -1.92. The maximum absolute atomic E-state index is 7.00. The quantitative estimate of drug-likeness (QED) is 0.155. The second kappa shape index (κ2) is 17.5. The molecule has 17 aromatic rings. The first-order valence-electron chi connectivity index (χ1n) is 27.6. The number of hydrogen-bond acceptors (Lipinski definition) is 2. The molecule has 0 atom stereocenters. The van der Waals surface area contributed by atoms with Gasteiger partial charge in [-0.2, -0.15) is 0 Å². The van der Waals surface area contributed by atoms with Crippen molar-refractivity contribution in [2.75, 3.05) is 0 Å². The summed E-state index contributed by atoms with van der Waals surface area (Å²) in [5, 5.41) is 19.2. The Bertz CT molecular complexity index is 5300. The normalized spacial score (nSPS) is 12.0. The molecule has 0 spiro atoms. The van der Waals surface area contributed by atoms with Crippen LogP contribution in [0.3, 0.4) is 0 Å². The van der Waals surface area contributed by atoms with E-state index >= 15 is 0 Å². The van der Waals surface area contributed by atoms with Crippen molar-refractivity contribution < 1.29 is 8.83 Å². The van der Waals surface area contributed by atoms with E-state index < -0.39 is 0 Å². The second-order valence-electron chi connectivity index (χ2n) is 21.3. The van der Waals surface area contributed by atoms with Crippen LogP contribution in [0.5, 0.6) is 0 Å². The lowest BCUT2D eigenvalue weighted by atomic mass is 9.84. The lowest BCUT2D eigenvalue weighted by molar-refractivity contribution is 0.669. The Morgan fingerprint density at radius 2 is 0.575 bits per heavy atom. The van der Waals surface area contributed by atoms with Crippen molar-refractivity contribution in [1.29, 1.82) is 0 Å². The highest BCUT2D eigenvalue weighted by molar-refractivity contribution is 6.27. The Labute approximate surface area is 460 Å². The van der Waals surface area contributed by atoms with E-state index in [1.54, 1.807) is 0 Å². The summed E-state index contributed by atoms with van der Waals surface area (Å²) in [5.41, 5.74) is 17.8. The molecular formula is C78H46O2. The van der Waals surface area contributed by atoms with Crippen LogP contribution in [0.2, 0.25) is 0 Å². The van der Waals surface area contributed by atoms with Crippen molar-refractivity contribution in [1.82, 2.24) is 0 Å². The van der Waals surface area contributed by atoms with Crippen LogP contribution in [0.25, 0.3) is 175 Å². The maximum Gasteiger partial charge on any atom is 0.143 e. The molecule has 0 aliphatic rings. The highest BCUT2D eigenvalue weighted by Crippen LogP contribution is 2.50. The van der Waals surface area contributed by atoms with E-state index in [9.17, 15) is 0 Å². The minimum atomic E-state index is 0.869. The largest absolute Gasteiger partial charge is 0.456 e. The Morgan fingerprint density at radius 1 is 0.188 bits per heavy atom. The van der Waals surface area contributed by atoms with Crippen LogP contribution in [-0.4, -0.2) is 0 Å². The number of furan rings is 2. The van der Waals surface area contributed by atoms with Crippen LogP contribution in [0.4, 0.5) is 0 Å². The standard InChI is InChI=1S/C78H46O2/c1-2-20-51-47(18-1)19-13-34-57(51)75-64-26-7-3-22-60(64)73(61-23-4-8-27-65(61)75)49-42-40-48(41-43-49)52-30-14-37-68-77-59(36-17-39-72(77)80-78(52)68)55-33-15-32-54-53(55)31-16-35-58(54)76-66-28-9-5-24-62(66)74(63-25-6-10-29-67(63)76)50-44-45-71-69(46-50)56-21-11-12-38-70(56)79-71/h1-46H. The van der Waals surface area contributed by atoms with Gasteiger partial charge in [-0.05, 0) is 150 Å². The van der Waals surface area contributed by atoms with Gasteiger partial charge in [-0.25, -0.2) is 0 Å². The molecule has 0 amide bonds. The zero-order valence-electron chi connectivity index (χ0n) is 43.4. The third-order valence-corrected chi connectivity index (χ3v) is 17.1. The molecule has 0 saturated carbocycles. The van der Waals surface area contributed by atoms with Gasteiger partial charge in [0.15, 0.2) is 0 Å². The molecule has 0 saturated heterocycles. The Morgan fingerprint density at radius 3 is 1.21 bits per heavy atom. The lowest BCUT2D eigenvalue weighted by Gasteiger charge is -2.19. The molecule has 370 valence electrons. The predicted octanol–water partition coefficient (Wildman–Crippen LogP) is 22.4. The SMILES string of the molecule is c1ccc2c(-c3c4ccccc4c(-c4ccc(-c5cccc6c5oc5cccc(-c7cccc8c(-c9c%10ccccc%10c(-c%10ccc%11oc%12ccccc%12c%11c%10)c%10ccccc9%10)cccc78)c56)cc4)c4ccccc34)cccc2c1. The molecule has 0 N–H and O–H groups in total. The van der Waals surface area contributed by atoms with Crippen LogP contribution in [-0.2, 0) is 0 Å². The van der Waals surface area contributed by atoms with Gasteiger partial charge in [-0.3, -0.25) is 0 Å². The first-order valence-corrected chi connectivity index (χ1v) is 27.6. The van der Waals surface area contributed by atoms with Crippen LogP contribution < -0.4 is 0 Å². The summed E-state index contributed by atoms with van der Waals surface area (Å²) in [6, 6.07) is 102. The monoisotopic (exact) mass is 1010 g/mol. The molecule has 2 nitrogen and oxygen atoms in total. The van der Waals surface area contributed by atoms with Gasteiger partial charge >= 0.3 is 0 Å². The summed E-state index contributed by atoms with van der Waals surface area (Å²) < 4.78 is 13.3. The zero-order valence-corrected chi connectivity index (χ0v) is 43.4. The van der Waals surface area contributed by atoms with Crippen molar-refractivity contribution >= 4 is 109 Å². The van der Waals surface area contributed by atoms with Gasteiger partial charge in [0.2, 0.25) is 0 Å². The average Bonchev–Trinajstić information content (AvgIpc) is 4.18. The number of rotatable bonds is 6. The average molecular weight is 1020 g/mol. The van der Waals surface area contributed by atoms with Gasteiger partial charge in [0, 0.05) is 27.1 Å². The van der Waals surface area contributed by atoms with Crippen molar-refractivity contribution in [3.05, 3.63) is 279 Å². The first-order chi connectivity index (χ1) is 39.7. The highest BCUT2D eigenvalue weighted by atomic mass is 16.3. The highest BCUT2D eigenvalue weighted by Gasteiger charge is 2.23. The summed E-state index contributed by atoms with van der Waals surface area (Å²) in [5.74, 6) is 0. The molecule has 2 heterocycles. The summed E-state index contributed by atoms with van der Waals surface area (Å²) in [7, 11) is 0. The van der Waals surface area contributed by atoms with Gasteiger partial charge < -0.3 is 8.83 Å². The number of fused-ring (bicyclic) bond motifs is 12. The zero-order chi connectivity index (χ0) is 52.4. The van der Waals surface area contributed by atoms with Gasteiger partial charge in [0.25, 0.3) is 0 Å². The van der Waals surface area contributed by atoms with E-state index in [4.69, 9.17) is 8.83 Å². The van der Waals surface area contributed by atoms with Crippen molar-refractivity contribution in [3.63, 3.8) is 0 Å². The molecule has 0 aliphatic carbocycles. The van der Waals surface area contributed by atoms with Gasteiger partial charge in [0.05, 0.1) is 0 Å². The van der Waals surface area contributed by atoms with Crippen LogP contribution in [0, 0.1) is 0 Å². The van der Waals surface area contributed by atoms with Crippen LogP contribution in [0.15, 0.2) is 288 Å². The third-order valence-electron chi connectivity index (χ3n) is 17.1. The Kier molecular flexibility index (Phi) is 9.75. The van der Waals surface area contributed by atoms with Crippen molar-refractivity contribution in [2.24, 2.45) is 0 Å². The van der Waals surface area contributed by atoms with Gasteiger partial charge in [0.1, 0.15) is 22.3 Å². The molecule has 0 aliphatic heterocycles. The van der Waals surface area contributed by atoms with E-state index in [0.29, 0.717) is 0 Å². The molecule has 17 rings (SSSR count). The first kappa shape index (κ1) is 44.6. The third kappa shape index (κ3) is 6.60. The predicted molar refractivity (Wildman–Crippen MR) is 339 cm³/mol. The molecule has 0 fully saturated rings. The molecule has 0 unspecified atom stereocenters. The van der Waals surface area contributed by atoms with E-state index in [-0.39, 0.29) is 0 Å². The van der Waals surface area contributed by atoms with Crippen molar-refractivity contribution in [2.45, 2.75) is 0 Å². The van der Waals surface area contributed by atoms with E-state index in [2.05, 4.69) is 273 Å². The maximum atomic E-state index is 7.00. The summed E-state index contributed by atoms with van der Waals surface area (Å²) in [6.07, 6.45) is 0. The smallest absolute Gasteiger partial charge is 0.143 e. The number of para-hydroxylation sites is 2. The van der Waals surface area contributed by atoms with Gasteiger partial charge in [-0.1, -0.05) is 255 Å². The van der Waals surface area contributed by atoms with E-state index in [0.717, 1.165) is 60.6 Å². The Hall–Kier alpha value is -10.5. The molecule has 0 radical (unpaired) electrons. The summed E-state index contributed by atoms with van der Waals surface area (Å²) in [4.78, 5) is 0. The number of hydrogen-bond donors (Lipinski definition) is 0. The molecule has 80 heavy (non-hydrogen) atoms. The molecular weight excluding hydrogens is 969 g/mol.